The molecule has 92 valence electrons. The first-order valence-corrected chi connectivity index (χ1v) is 5.81. The first-order valence-electron chi connectivity index (χ1n) is 5.81. The van der Waals surface area contributed by atoms with Gasteiger partial charge in [-0.3, -0.25) is 0 Å². The SMILES string of the molecule is CC(=CC1CC(C(C)(C)C)CC1O)C(=O)O. The van der Waals surface area contributed by atoms with E-state index in [-0.39, 0.29) is 11.3 Å². The maximum atomic E-state index is 10.7. The van der Waals surface area contributed by atoms with Crippen molar-refractivity contribution in [3.05, 3.63) is 11.6 Å². The van der Waals surface area contributed by atoms with Crippen LogP contribution >= 0.6 is 0 Å². The molecule has 1 fully saturated rings. The van der Waals surface area contributed by atoms with Gasteiger partial charge in [0.15, 0.2) is 0 Å². The van der Waals surface area contributed by atoms with E-state index in [0.717, 1.165) is 12.8 Å². The largest absolute Gasteiger partial charge is 0.478 e. The lowest BCUT2D eigenvalue weighted by Crippen LogP contribution is -2.18. The normalized spacial score (nSPS) is 31.8. The molecular weight excluding hydrogens is 204 g/mol. The van der Waals surface area contributed by atoms with Gasteiger partial charge in [-0.2, -0.15) is 0 Å². The highest BCUT2D eigenvalue weighted by Crippen LogP contribution is 2.42. The molecule has 0 aliphatic heterocycles. The lowest BCUT2D eigenvalue weighted by atomic mass is 9.79. The van der Waals surface area contributed by atoms with E-state index >= 15 is 0 Å². The van der Waals surface area contributed by atoms with E-state index in [0.29, 0.717) is 11.5 Å². The minimum Gasteiger partial charge on any atom is -0.478 e. The Morgan fingerprint density at radius 2 is 1.88 bits per heavy atom. The third-order valence-corrected chi connectivity index (χ3v) is 3.60. The summed E-state index contributed by atoms with van der Waals surface area (Å²) in [5, 5.41) is 18.7. The second-order valence-electron chi connectivity index (χ2n) is 5.92. The van der Waals surface area contributed by atoms with E-state index in [1.54, 1.807) is 13.0 Å². The molecule has 0 spiro atoms. The van der Waals surface area contributed by atoms with Crippen LogP contribution in [0.25, 0.3) is 0 Å². The molecule has 16 heavy (non-hydrogen) atoms. The van der Waals surface area contributed by atoms with Gasteiger partial charge in [0.25, 0.3) is 0 Å². The second kappa shape index (κ2) is 4.58. The number of carbonyl (C=O) groups is 1. The van der Waals surface area contributed by atoms with Crippen LogP contribution < -0.4 is 0 Å². The van der Waals surface area contributed by atoms with Crippen LogP contribution in [0.4, 0.5) is 0 Å². The lowest BCUT2D eigenvalue weighted by Gasteiger charge is -2.26. The second-order valence-corrected chi connectivity index (χ2v) is 5.92. The minimum absolute atomic E-state index is 0.000301. The summed E-state index contributed by atoms with van der Waals surface area (Å²) in [7, 11) is 0. The van der Waals surface area contributed by atoms with Gasteiger partial charge in [0.1, 0.15) is 0 Å². The van der Waals surface area contributed by atoms with Gasteiger partial charge in [-0.25, -0.2) is 4.79 Å². The third kappa shape index (κ3) is 3.08. The highest BCUT2D eigenvalue weighted by molar-refractivity contribution is 5.85. The zero-order valence-electron chi connectivity index (χ0n) is 10.5. The maximum Gasteiger partial charge on any atom is 0.330 e. The number of carboxylic acids is 1. The summed E-state index contributed by atoms with van der Waals surface area (Å²) in [6.45, 7) is 8.08. The third-order valence-electron chi connectivity index (χ3n) is 3.60. The van der Waals surface area contributed by atoms with Crippen LogP contribution in [-0.4, -0.2) is 22.3 Å². The van der Waals surface area contributed by atoms with Crippen LogP contribution in [0.15, 0.2) is 11.6 Å². The lowest BCUT2D eigenvalue weighted by molar-refractivity contribution is -0.132. The van der Waals surface area contributed by atoms with Gasteiger partial charge in [0, 0.05) is 11.5 Å². The molecule has 2 N–H and O–H groups in total. The van der Waals surface area contributed by atoms with Gasteiger partial charge in [0.2, 0.25) is 0 Å². The quantitative estimate of drug-likeness (QED) is 0.711. The van der Waals surface area contributed by atoms with Crippen LogP contribution in [0.5, 0.6) is 0 Å². The molecule has 0 saturated heterocycles. The zero-order valence-corrected chi connectivity index (χ0v) is 10.5. The Morgan fingerprint density at radius 1 is 1.31 bits per heavy atom. The Labute approximate surface area is 97.2 Å². The highest BCUT2D eigenvalue weighted by atomic mass is 16.4. The van der Waals surface area contributed by atoms with Gasteiger partial charge < -0.3 is 10.2 Å². The standard InChI is InChI=1S/C13H22O3/c1-8(12(15)16)5-9-6-10(7-11(9)14)13(2,3)4/h5,9-11,14H,6-7H2,1-4H3,(H,15,16). The van der Waals surface area contributed by atoms with Gasteiger partial charge in [-0.1, -0.05) is 26.8 Å². The Morgan fingerprint density at radius 3 is 2.25 bits per heavy atom. The first-order chi connectivity index (χ1) is 7.21. The van der Waals surface area contributed by atoms with Crippen molar-refractivity contribution in [1.29, 1.82) is 0 Å². The number of rotatable bonds is 2. The molecule has 0 heterocycles. The van der Waals surface area contributed by atoms with Crippen molar-refractivity contribution in [3.63, 3.8) is 0 Å². The average molecular weight is 226 g/mol. The van der Waals surface area contributed by atoms with Crippen LogP contribution in [-0.2, 0) is 4.79 Å². The highest BCUT2D eigenvalue weighted by Gasteiger charge is 2.37. The summed E-state index contributed by atoms with van der Waals surface area (Å²) in [5.74, 6) is -0.433. The fourth-order valence-electron chi connectivity index (χ4n) is 2.33. The molecular formula is C13H22O3. The molecule has 1 rings (SSSR count). The predicted molar refractivity (Wildman–Crippen MR) is 63.1 cm³/mol. The molecule has 3 unspecified atom stereocenters. The molecule has 0 aromatic carbocycles. The van der Waals surface area contributed by atoms with Crippen molar-refractivity contribution in [3.8, 4) is 0 Å². The molecule has 0 radical (unpaired) electrons. The molecule has 0 aromatic heterocycles. The van der Waals surface area contributed by atoms with E-state index in [2.05, 4.69) is 20.8 Å². The molecule has 3 atom stereocenters. The van der Waals surface area contributed by atoms with E-state index < -0.39 is 12.1 Å². The summed E-state index contributed by atoms with van der Waals surface area (Å²) in [6, 6.07) is 0. The smallest absolute Gasteiger partial charge is 0.330 e. The van der Waals surface area contributed by atoms with Crippen molar-refractivity contribution in [2.24, 2.45) is 17.3 Å². The summed E-state index contributed by atoms with van der Waals surface area (Å²) in [4.78, 5) is 10.7. The van der Waals surface area contributed by atoms with Crippen molar-refractivity contribution in [2.45, 2.75) is 46.6 Å². The molecule has 0 aromatic rings. The van der Waals surface area contributed by atoms with Crippen LogP contribution in [0.2, 0.25) is 0 Å². The Bertz CT molecular complexity index is 299. The monoisotopic (exact) mass is 226 g/mol. The van der Waals surface area contributed by atoms with Crippen LogP contribution in [0.1, 0.15) is 40.5 Å². The van der Waals surface area contributed by atoms with Crippen LogP contribution in [0.3, 0.4) is 0 Å². The molecule has 1 aliphatic carbocycles. The molecule has 0 bridgehead atoms. The van der Waals surface area contributed by atoms with Gasteiger partial charge in [0.05, 0.1) is 6.10 Å². The topological polar surface area (TPSA) is 57.5 Å². The summed E-state index contributed by atoms with van der Waals surface area (Å²) in [5.41, 5.74) is 0.513. The molecule has 3 heteroatoms. The van der Waals surface area contributed by atoms with E-state index in [1.165, 1.54) is 0 Å². The summed E-state index contributed by atoms with van der Waals surface area (Å²) in [6.07, 6.45) is 2.98. The number of hydrogen-bond acceptors (Lipinski definition) is 2. The van der Waals surface area contributed by atoms with Crippen molar-refractivity contribution < 1.29 is 15.0 Å². The Hall–Kier alpha value is -0.830. The van der Waals surface area contributed by atoms with Gasteiger partial charge in [-0.05, 0) is 31.1 Å². The number of aliphatic hydroxyl groups is 1. The van der Waals surface area contributed by atoms with E-state index in [9.17, 15) is 9.90 Å². The Kier molecular flexibility index (Phi) is 3.79. The number of aliphatic hydroxyl groups excluding tert-OH is 1. The minimum atomic E-state index is -0.897. The maximum absolute atomic E-state index is 10.7. The number of carboxylic acid groups (broad SMARTS) is 1. The summed E-state index contributed by atoms with van der Waals surface area (Å²) < 4.78 is 0. The van der Waals surface area contributed by atoms with E-state index in [1.807, 2.05) is 0 Å². The average Bonchev–Trinajstić information content (AvgIpc) is 2.47. The van der Waals surface area contributed by atoms with E-state index in [4.69, 9.17) is 5.11 Å². The van der Waals surface area contributed by atoms with Crippen molar-refractivity contribution in [2.75, 3.05) is 0 Å². The van der Waals surface area contributed by atoms with Gasteiger partial charge in [-0.15, -0.1) is 0 Å². The zero-order chi connectivity index (χ0) is 12.5. The molecule has 3 nitrogen and oxygen atoms in total. The predicted octanol–water partition coefficient (Wildman–Crippen LogP) is 2.45. The number of hydrogen-bond donors (Lipinski definition) is 2. The van der Waals surface area contributed by atoms with Crippen LogP contribution in [0, 0.1) is 17.3 Å². The molecule has 1 aliphatic rings. The van der Waals surface area contributed by atoms with Crippen molar-refractivity contribution in [1.82, 2.24) is 0 Å². The van der Waals surface area contributed by atoms with Crippen molar-refractivity contribution >= 4 is 5.97 Å². The summed E-state index contributed by atoms with van der Waals surface area (Å²) >= 11 is 0. The molecule has 0 amide bonds. The fraction of sp³-hybridized carbons (Fsp3) is 0.769. The van der Waals surface area contributed by atoms with Gasteiger partial charge >= 0.3 is 5.97 Å². The first kappa shape index (κ1) is 13.2. The Balaban J connectivity index is 2.73. The molecule has 1 saturated carbocycles. The fourth-order valence-corrected chi connectivity index (χ4v) is 2.33. The number of aliphatic carboxylic acids is 1.